The van der Waals surface area contributed by atoms with Crippen LogP contribution in [0.5, 0.6) is 5.75 Å². The highest BCUT2D eigenvalue weighted by Gasteiger charge is 2.47. The summed E-state index contributed by atoms with van der Waals surface area (Å²) in [4.78, 5) is 26.9. The first-order valence-corrected chi connectivity index (χ1v) is 12.2. The smallest absolute Gasteiger partial charge is 0.163 e. The van der Waals surface area contributed by atoms with Crippen molar-refractivity contribution in [3.8, 4) is 5.75 Å². The molecule has 2 aromatic rings. The minimum Gasteiger partial charge on any atom is -0.489 e. The molecule has 5 rings (SSSR count). The van der Waals surface area contributed by atoms with Gasteiger partial charge in [-0.1, -0.05) is 52.0 Å². The molecular weight excluding hydrogens is 443 g/mol. The van der Waals surface area contributed by atoms with Crippen LogP contribution < -0.4 is 4.74 Å². The van der Waals surface area contributed by atoms with Gasteiger partial charge in [0.15, 0.2) is 11.6 Å². The number of ketones is 2. The minimum absolute atomic E-state index is 0.0445. The van der Waals surface area contributed by atoms with Gasteiger partial charge in [-0.2, -0.15) is 0 Å². The van der Waals surface area contributed by atoms with Crippen LogP contribution in [0.25, 0.3) is 0 Å². The molecule has 0 spiro atoms. The standard InChI is InChI=1S/C30H31FO4/c1-29(2)13-22(32)27-24(15-29)35-25-16-30(3,4)14-23(33)28(25)26(27)19-6-5-7-21(12-19)34-17-18-8-10-20(31)11-9-18/h5-12,26H,13-17H2,1-4H3. The first-order chi connectivity index (χ1) is 16.5. The SMILES string of the molecule is CC1(C)CC(=O)C2=C(C1)OC1=C(C(=O)CC(C)(C)C1)C2c1cccc(OCc2ccc(F)cc2)c1. The van der Waals surface area contributed by atoms with Crippen molar-refractivity contribution in [2.75, 3.05) is 0 Å². The van der Waals surface area contributed by atoms with Crippen LogP contribution in [-0.4, -0.2) is 11.6 Å². The third-order valence-corrected chi connectivity index (χ3v) is 7.09. The predicted molar refractivity (Wildman–Crippen MR) is 131 cm³/mol. The number of ether oxygens (including phenoxy) is 2. The number of allylic oxidation sites excluding steroid dienone is 4. The number of hydrogen-bond acceptors (Lipinski definition) is 4. The first-order valence-electron chi connectivity index (χ1n) is 12.2. The van der Waals surface area contributed by atoms with Gasteiger partial charge in [0.2, 0.25) is 0 Å². The van der Waals surface area contributed by atoms with Crippen molar-refractivity contribution < 1.29 is 23.5 Å². The van der Waals surface area contributed by atoms with E-state index in [2.05, 4.69) is 27.7 Å². The lowest BCUT2D eigenvalue weighted by molar-refractivity contribution is -0.120. The quantitative estimate of drug-likeness (QED) is 0.489. The molecule has 1 heterocycles. The Kier molecular flexibility index (Phi) is 5.70. The van der Waals surface area contributed by atoms with Crippen LogP contribution in [0.15, 0.2) is 71.2 Å². The zero-order valence-electron chi connectivity index (χ0n) is 20.7. The maximum absolute atomic E-state index is 13.4. The lowest BCUT2D eigenvalue weighted by Gasteiger charge is -2.42. The fourth-order valence-electron chi connectivity index (χ4n) is 5.54. The van der Waals surface area contributed by atoms with Crippen LogP contribution >= 0.6 is 0 Å². The Bertz CT molecular complexity index is 1210. The molecule has 0 bridgehead atoms. The summed E-state index contributed by atoms with van der Waals surface area (Å²) in [5.74, 6) is 1.40. The maximum atomic E-state index is 13.4. The van der Waals surface area contributed by atoms with E-state index >= 15 is 0 Å². The fourth-order valence-corrected chi connectivity index (χ4v) is 5.54. The predicted octanol–water partition coefficient (Wildman–Crippen LogP) is 6.80. The topological polar surface area (TPSA) is 52.6 Å². The van der Waals surface area contributed by atoms with Gasteiger partial charge < -0.3 is 9.47 Å². The van der Waals surface area contributed by atoms with Crippen LogP contribution in [-0.2, 0) is 20.9 Å². The molecule has 5 heteroatoms. The monoisotopic (exact) mass is 474 g/mol. The molecule has 0 unspecified atom stereocenters. The molecule has 182 valence electrons. The average Bonchev–Trinajstić information content (AvgIpc) is 2.76. The number of hydrogen-bond donors (Lipinski definition) is 0. The molecule has 2 aromatic carbocycles. The Morgan fingerprint density at radius 2 is 1.43 bits per heavy atom. The molecule has 2 aliphatic carbocycles. The Balaban J connectivity index is 1.54. The van der Waals surface area contributed by atoms with Gasteiger partial charge in [-0.3, -0.25) is 9.59 Å². The second-order valence-corrected chi connectivity index (χ2v) is 11.6. The van der Waals surface area contributed by atoms with Crippen LogP contribution in [0.1, 0.15) is 70.4 Å². The Morgan fingerprint density at radius 3 is 2.00 bits per heavy atom. The van der Waals surface area contributed by atoms with Crippen molar-refractivity contribution in [1.82, 2.24) is 0 Å². The number of Topliss-reactive ketones (excluding diaryl/α,β-unsaturated/α-hetero) is 2. The fraction of sp³-hybridized carbons (Fsp3) is 0.400. The van der Waals surface area contributed by atoms with E-state index in [1.807, 2.05) is 24.3 Å². The molecule has 1 aliphatic heterocycles. The highest BCUT2D eigenvalue weighted by atomic mass is 19.1. The molecule has 4 nitrogen and oxygen atoms in total. The van der Waals surface area contributed by atoms with Crippen molar-refractivity contribution in [2.45, 2.75) is 65.9 Å². The third-order valence-electron chi connectivity index (χ3n) is 7.09. The molecule has 0 N–H and O–H groups in total. The summed E-state index contributed by atoms with van der Waals surface area (Å²) in [6, 6.07) is 13.8. The van der Waals surface area contributed by atoms with Crippen LogP contribution in [0.2, 0.25) is 0 Å². The van der Waals surface area contributed by atoms with Gasteiger partial charge in [0, 0.05) is 42.7 Å². The van der Waals surface area contributed by atoms with Crippen LogP contribution in [0.3, 0.4) is 0 Å². The second kappa shape index (κ2) is 8.47. The lowest BCUT2D eigenvalue weighted by Crippen LogP contribution is -2.37. The summed E-state index contributed by atoms with van der Waals surface area (Å²) in [6.45, 7) is 8.61. The Hall–Kier alpha value is -3.21. The lowest BCUT2D eigenvalue weighted by atomic mass is 9.65. The summed E-state index contributed by atoms with van der Waals surface area (Å²) >= 11 is 0. The Morgan fingerprint density at radius 1 is 0.857 bits per heavy atom. The highest BCUT2D eigenvalue weighted by Crippen LogP contribution is 2.53. The van der Waals surface area contributed by atoms with E-state index in [1.54, 1.807) is 12.1 Å². The molecule has 0 saturated heterocycles. The van der Waals surface area contributed by atoms with Gasteiger partial charge in [0.25, 0.3) is 0 Å². The van der Waals surface area contributed by atoms with E-state index in [4.69, 9.17) is 9.47 Å². The highest BCUT2D eigenvalue weighted by molar-refractivity contribution is 6.06. The molecule has 0 atom stereocenters. The van der Waals surface area contributed by atoms with Crippen LogP contribution in [0.4, 0.5) is 4.39 Å². The molecule has 0 saturated carbocycles. The zero-order chi connectivity index (χ0) is 25.0. The molecule has 0 aromatic heterocycles. The summed E-state index contributed by atoms with van der Waals surface area (Å²) in [5, 5.41) is 0. The summed E-state index contributed by atoms with van der Waals surface area (Å²) in [6.07, 6.45) is 2.18. The van der Waals surface area contributed by atoms with Crippen molar-refractivity contribution in [3.63, 3.8) is 0 Å². The van der Waals surface area contributed by atoms with Gasteiger partial charge in [-0.05, 0) is 46.2 Å². The third kappa shape index (κ3) is 4.69. The number of benzene rings is 2. The summed E-state index contributed by atoms with van der Waals surface area (Å²) < 4.78 is 25.6. The van der Waals surface area contributed by atoms with Gasteiger partial charge in [0.1, 0.15) is 29.7 Å². The summed E-state index contributed by atoms with van der Waals surface area (Å²) in [7, 11) is 0. The van der Waals surface area contributed by atoms with Crippen molar-refractivity contribution >= 4 is 11.6 Å². The van der Waals surface area contributed by atoms with Gasteiger partial charge in [-0.15, -0.1) is 0 Å². The van der Waals surface area contributed by atoms with Gasteiger partial charge in [0.05, 0.1) is 0 Å². The van der Waals surface area contributed by atoms with Crippen molar-refractivity contribution in [1.29, 1.82) is 0 Å². The molecule has 3 aliphatic rings. The zero-order valence-corrected chi connectivity index (χ0v) is 20.7. The summed E-state index contributed by atoms with van der Waals surface area (Å²) in [5.41, 5.74) is 2.57. The van der Waals surface area contributed by atoms with E-state index in [9.17, 15) is 14.0 Å². The molecule has 0 radical (unpaired) electrons. The molecule has 35 heavy (non-hydrogen) atoms. The first kappa shape index (κ1) is 23.5. The Labute approximate surface area is 205 Å². The maximum Gasteiger partial charge on any atom is 0.163 e. The van der Waals surface area contributed by atoms with E-state index in [0.717, 1.165) is 11.1 Å². The van der Waals surface area contributed by atoms with E-state index < -0.39 is 5.92 Å². The van der Waals surface area contributed by atoms with Gasteiger partial charge in [-0.25, -0.2) is 4.39 Å². The molecular formula is C30H31FO4. The van der Waals surface area contributed by atoms with E-state index in [-0.39, 0.29) is 28.2 Å². The molecule has 0 amide bonds. The average molecular weight is 475 g/mol. The largest absolute Gasteiger partial charge is 0.489 e. The molecule has 0 fully saturated rings. The number of carbonyl (C=O) groups excluding carboxylic acids is 2. The van der Waals surface area contributed by atoms with Crippen molar-refractivity contribution in [3.05, 3.63) is 88.1 Å². The van der Waals surface area contributed by atoms with Crippen LogP contribution in [0, 0.1) is 16.6 Å². The van der Waals surface area contributed by atoms with E-state index in [1.165, 1.54) is 12.1 Å². The minimum atomic E-state index is -0.449. The number of rotatable bonds is 4. The normalized spacial score (nSPS) is 21.4. The second-order valence-electron chi connectivity index (χ2n) is 11.6. The number of halogens is 1. The number of carbonyl (C=O) groups is 2. The van der Waals surface area contributed by atoms with E-state index in [0.29, 0.717) is 60.7 Å². The van der Waals surface area contributed by atoms with Crippen molar-refractivity contribution in [2.24, 2.45) is 10.8 Å². The van der Waals surface area contributed by atoms with Gasteiger partial charge >= 0.3 is 0 Å².